The summed E-state index contributed by atoms with van der Waals surface area (Å²) in [7, 11) is 1.75. The molecule has 0 N–H and O–H groups in total. The minimum Gasteiger partial charge on any atom is -0.361 e. The number of aryl methyl sites for hydroxylation is 2. The highest BCUT2D eigenvalue weighted by atomic mass is 19.1. The van der Waals surface area contributed by atoms with Crippen molar-refractivity contribution in [1.82, 2.24) is 24.8 Å². The van der Waals surface area contributed by atoms with Crippen LogP contribution in [0, 0.1) is 19.7 Å². The number of fused-ring (bicyclic) bond motifs is 1. The lowest BCUT2D eigenvalue weighted by molar-refractivity contribution is 0.0786. The Bertz CT molecular complexity index is 1500. The Kier molecular flexibility index (Phi) is 5.86. The third-order valence-corrected chi connectivity index (χ3v) is 6.05. The van der Waals surface area contributed by atoms with Gasteiger partial charge in [-0.15, -0.1) is 0 Å². The summed E-state index contributed by atoms with van der Waals surface area (Å²) in [6.07, 6.45) is 1.65. The first-order valence-corrected chi connectivity index (χ1v) is 11.2. The van der Waals surface area contributed by atoms with Crippen LogP contribution in [0.1, 0.15) is 32.9 Å². The number of halogens is 1. The number of carbonyl (C=O) groups excluding carboxylic acids is 1. The van der Waals surface area contributed by atoms with Gasteiger partial charge >= 0.3 is 0 Å². The van der Waals surface area contributed by atoms with Crippen molar-refractivity contribution in [2.45, 2.75) is 26.9 Å². The first-order chi connectivity index (χ1) is 16.9. The fourth-order valence-corrected chi connectivity index (χ4v) is 4.15. The SMILES string of the molecule is Cc1noc(C)c1CN(C)C(=O)c1cc(-c2ccccc2)nc2c1cnn2Cc1cccc(F)c1. The van der Waals surface area contributed by atoms with Gasteiger partial charge in [0.15, 0.2) is 5.65 Å². The molecular formula is C27H24FN5O2. The Morgan fingerprint density at radius 3 is 2.60 bits per heavy atom. The molecule has 0 aliphatic carbocycles. The smallest absolute Gasteiger partial charge is 0.254 e. The molecule has 35 heavy (non-hydrogen) atoms. The van der Waals surface area contributed by atoms with E-state index in [1.165, 1.54) is 12.1 Å². The van der Waals surface area contributed by atoms with Crippen molar-refractivity contribution in [3.05, 3.63) is 101 Å². The molecule has 3 aromatic heterocycles. The van der Waals surface area contributed by atoms with Gasteiger partial charge in [-0.05, 0) is 37.6 Å². The average Bonchev–Trinajstić information content (AvgIpc) is 3.41. The van der Waals surface area contributed by atoms with Crippen LogP contribution in [0.3, 0.4) is 0 Å². The predicted octanol–water partition coefficient (Wildman–Crippen LogP) is 5.16. The molecule has 0 aliphatic rings. The van der Waals surface area contributed by atoms with E-state index in [4.69, 9.17) is 9.51 Å². The molecule has 0 saturated heterocycles. The summed E-state index contributed by atoms with van der Waals surface area (Å²) < 4.78 is 20.7. The Morgan fingerprint density at radius 1 is 1.09 bits per heavy atom. The maximum Gasteiger partial charge on any atom is 0.254 e. The van der Waals surface area contributed by atoms with Crippen LogP contribution in [0.4, 0.5) is 4.39 Å². The third-order valence-electron chi connectivity index (χ3n) is 6.05. The highest BCUT2D eigenvalue weighted by Crippen LogP contribution is 2.27. The molecule has 176 valence electrons. The van der Waals surface area contributed by atoms with Crippen LogP contribution >= 0.6 is 0 Å². The zero-order chi connectivity index (χ0) is 24.5. The standard InChI is InChI=1S/C27H24FN5O2/c1-17-24(18(2)35-31-17)16-32(3)27(34)22-13-25(20-9-5-4-6-10-20)30-26-23(22)14-29-33(26)15-19-8-7-11-21(28)12-19/h4-14H,15-16H2,1-3H3. The highest BCUT2D eigenvalue weighted by molar-refractivity contribution is 6.06. The maximum atomic E-state index is 13.8. The summed E-state index contributed by atoms with van der Waals surface area (Å²) in [6, 6.07) is 17.9. The van der Waals surface area contributed by atoms with E-state index < -0.39 is 0 Å². The monoisotopic (exact) mass is 469 g/mol. The molecule has 0 bridgehead atoms. The van der Waals surface area contributed by atoms with Crippen molar-refractivity contribution < 1.29 is 13.7 Å². The average molecular weight is 470 g/mol. The Hall–Kier alpha value is -4.33. The number of carbonyl (C=O) groups is 1. The van der Waals surface area contributed by atoms with Gasteiger partial charge in [-0.25, -0.2) is 14.1 Å². The fourth-order valence-electron chi connectivity index (χ4n) is 4.15. The van der Waals surface area contributed by atoms with Crippen LogP contribution in [0.15, 0.2) is 71.4 Å². The number of nitrogens with zero attached hydrogens (tertiary/aromatic N) is 5. The van der Waals surface area contributed by atoms with E-state index in [1.807, 2.05) is 50.2 Å². The summed E-state index contributed by atoms with van der Waals surface area (Å²) in [5.74, 6) is 0.212. The normalized spacial score (nSPS) is 11.2. The second kappa shape index (κ2) is 9.13. The third kappa shape index (κ3) is 4.42. The van der Waals surface area contributed by atoms with E-state index in [-0.39, 0.29) is 11.7 Å². The molecule has 0 atom stereocenters. The topological polar surface area (TPSA) is 77.1 Å². The van der Waals surface area contributed by atoms with E-state index in [2.05, 4.69) is 10.3 Å². The predicted molar refractivity (Wildman–Crippen MR) is 130 cm³/mol. The van der Waals surface area contributed by atoms with Crippen LogP contribution in [0.5, 0.6) is 0 Å². The van der Waals surface area contributed by atoms with Crippen molar-refractivity contribution in [3.8, 4) is 11.3 Å². The number of pyridine rings is 1. The van der Waals surface area contributed by atoms with Crippen molar-refractivity contribution in [2.75, 3.05) is 7.05 Å². The van der Waals surface area contributed by atoms with E-state index in [0.29, 0.717) is 41.1 Å². The molecule has 3 heterocycles. The molecule has 2 aromatic carbocycles. The number of benzene rings is 2. The highest BCUT2D eigenvalue weighted by Gasteiger charge is 2.22. The number of hydrogen-bond acceptors (Lipinski definition) is 5. The molecule has 0 aliphatic heterocycles. The van der Waals surface area contributed by atoms with Crippen LogP contribution < -0.4 is 0 Å². The summed E-state index contributed by atoms with van der Waals surface area (Å²) in [4.78, 5) is 20.1. The maximum absolute atomic E-state index is 13.8. The van der Waals surface area contributed by atoms with Crippen LogP contribution in [0.2, 0.25) is 0 Å². The molecule has 0 radical (unpaired) electrons. The second-order valence-corrected chi connectivity index (χ2v) is 8.55. The molecule has 0 spiro atoms. The van der Waals surface area contributed by atoms with Gasteiger partial charge in [0, 0.05) is 18.2 Å². The van der Waals surface area contributed by atoms with E-state index in [1.54, 1.807) is 35.0 Å². The zero-order valence-electron chi connectivity index (χ0n) is 19.7. The van der Waals surface area contributed by atoms with Gasteiger partial charge in [0.2, 0.25) is 0 Å². The second-order valence-electron chi connectivity index (χ2n) is 8.55. The zero-order valence-corrected chi connectivity index (χ0v) is 19.7. The molecule has 0 fully saturated rings. The van der Waals surface area contributed by atoms with E-state index in [9.17, 15) is 9.18 Å². The first kappa shape index (κ1) is 22.5. The van der Waals surface area contributed by atoms with Gasteiger partial charge < -0.3 is 9.42 Å². The van der Waals surface area contributed by atoms with Gasteiger partial charge in [-0.1, -0.05) is 47.6 Å². The summed E-state index contributed by atoms with van der Waals surface area (Å²) >= 11 is 0. The van der Waals surface area contributed by atoms with Gasteiger partial charge in [0.1, 0.15) is 11.6 Å². The van der Waals surface area contributed by atoms with E-state index in [0.717, 1.165) is 22.4 Å². The summed E-state index contributed by atoms with van der Waals surface area (Å²) in [5.41, 5.74) is 5.00. The Morgan fingerprint density at radius 2 is 1.89 bits per heavy atom. The number of hydrogen-bond donors (Lipinski definition) is 0. The minimum absolute atomic E-state index is 0.167. The lowest BCUT2D eigenvalue weighted by Crippen LogP contribution is -2.27. The van der Waals surface area contributed by atoms with Crippen LogP contribution in [-0.2, 0) is 13.1 Å². The summed E-state index contributed by atoms with van der Waals surface area (Å²) in [5, 5.41) is 9.12. The largest absolute Gasteiger partial charge is 0.361 e. The van der Waals surface area contributed by atoms with Gasteiger partial charge in [-0.3, -0.25) is 4.79 Å². The first-order valence-electron chi connectivity index (χ1n) is 11.2. The van der Waals surface area contributed by atoms with Crippen LogP contribution in [-0.4, -0.2) is 37.8 Å². The van der Waals surface area contributed by atoms with Crippen LogP contribution in [0.25, 0.3) is 22.3 Å². The Balaban J connectivity index is 1.59. The number of aromatic nitrogens is 4. The van der Waals surface area contributed by atoms with Gasteiger partial charge in [0.05, 0.1) is 41.6 Å². The van der Waals surface area contributed by atoms with Gasteiger partial charge in [0.25, 0.3) is 5.91 Å². The molecule has 0 saturated carbocycles. The number of amides is 1. The lowest BCUT2D eigenvalue weighted by atomic mass is 10.1. The molecule has 8 heteroatoms. The quantitative estimate of drug-likeness (QED) is 0.343. The van der Waals surface area contributed by atoms with Crippen molar-refractivity contribution in [1.29, 1.82) is 0 Å². The molecule has 1 amide bonds. The minimum atomic E-state index is -0.311. The van der Waals surface area contributed by atoms with E-state index >= 15 is 0 Å². The molecule has 5 aromatic rings. The Labute approximate surface area is 201 Å². The lowest BCUT2D eigenvalue weighted by Gasteiger charge is -2.18. The molecular weight excluding hydrogens is 445 g/mol. The summed E-state index contributed by atoms with van der Waals surface area (Å²) in [6.45, 7) is 4.39. The van der Waals surface area contributed by atoms with Crippen molar-refractivity contribution in [3.63, 3.8) is 0 Å². The number of rotatable bonds is 6. The van der Waals surface area contributed by atoms with Crippen molar-refractivity contribution >= 4 is 16.9 Å². The molecule has 7 nitrogen and oxygen atoms in total. The molecule has 0 unspecified atom stereocenters. The van der Waals surface area contributed by atoms with Crippen molar-refractivity contribution in [2.24, 2.45) is 0 Å². The van der Waals surface area contributed by atoms with Gasteiger partial charge in [-0.2, -0.15) is 5.10 Å². The molecule has 5 rings (SSSR count). The fraction of sp³-hybridized carbons (Fsp3) is 0.185.